The van der Waals surface area contributed by atoms with Crippen molar-refractivity contribution in [2.24, 2.45) is 0 Å². The molecule has 1 aliphatic rings. The standard InChI is InChI=1S/C27H41BGeN4O/c1-18(2)30(19(3)4)28-31(24-20(5)14-12-15-21(24)6)26(34)32(27(9,10)11)29-33(28)25-22(7)16-13-17-23(25)8/h12-19H,1-11H3. The Morgan fingerprint density at radius 3 is 1.59 bits per heavy atom. The Labute approximate surface area is 214 Å². The van der Waals surface area contributed by atoms with E-state index in [0.717, 1.165) is 16.8 Å². The zero-order valence-corrected chi connectivity index (χ0v) is 25.0. The zero-order valence-electron chi connectivity index (χ0n) is 22.9. The third-order valence-electron chi connectivity index (χ3n) is 6.56. The summed E-state index contributed by atoms with van der Waals surface area (Å²) in [5.41, 5.74) is 6.78. The van der Waals surface area contributed by atoms with Gasteiger partial charge in [-0.05, 0) is 0 Å². The molecule has 0 unspecified atom stereocenters. The summed E-state index contributed by atoms with van der Waals surface area (Å²) in [4.78, 5) is 19.0. The van der Waals surface area contributed by atoms with Gasteiger partial charge in [-0.1, -0.05) is 0 Å². The molecule has 1 aliphatic heterocycles. The molecule has 5 nitrogen and oxygen atoms in total. The van der Waals surface area contributed by atoms with E-state index < -0.39 is 15.9 Å². The molecular weight excluding hydrogens is 480 g/mol. The van der Waals surface area contributed by atoms with Crippen molar-refractivity contribution in [1.29, 1.82) is 0 Å². The number of benzene rings is 2. The number of aryl methyl sites for hydroxylation is 4. The minimum atomic E-state index is -0.970. The van der Waals surface area contributed by atoms with Gasteiger partial charge in [-0.25, -0.2) is 0 Å². The molecule has 0 spiro atoms. The predicted octanol–water partition coefficient (Wildman–Crippen LogP) is 6.11. The van der Waals surface area contributed by atoms with Gasteiger partial charge in [-0.3, -0.25) is 0 Å². The van der Waals surface area contributed by atoms with Crippen molar-refractivity contribution < 1.29 is 4.79 Å². The van der Waals surface area contributed by atoms with E-state index in [4.69, 9.17) is 0 Å². The molecule has 2 radical (unpaired) electrons. The van der Waals surface area contributed by atoms with Gasteiger partial charge in [0.2, 0.25) is 0 Å². The van der Waals surface area contributed by atoms with Crippen LogP contribution in [0.4, 0.5) is 16.2 Å². The first-order valence-electron chi connectivity index (χ1n) is 12.4. The van der Waals surface area contributed by atoms with Crippen LogP contribution in [-0.2, 0) is 0 Å². The van der Waals surface area contributed by atoms with Crippen molar-refractivity contribution in [3.8, 4) is 0 Å². The number of carbonyl (C=O) groups is 1. The molecule has 2 amide bonds. The molecule has 0 aliphatic carbocycles. The number of nitrogens with zero attached hydrogens (tertiary/aromatic N) is 4. The van der Waals surface area contributed by atoms with Crippen molar-refractivity contribution in [1.82, 2.24) is 8.67 Å². The molecule has 0 saturated carbocycles. The van der Waals surface area contributed by atoms with Crippen LogP contribution in [0.2, 0.25) is 0 Å². The summed E-state index contributed by atoms with van der Waals surface area (Å²) in [6.45, 7) is 24.1. The fourth-order valence-electron chi connectivity index (χ4n) is 5.11. The van der Waals surface area contributed by atoms with Crippen LogP contribution in [0.3, 0.4) is 0 Å². The second-order valence-corrected chi connectivity index (χ2v) is 13.5. The third kappa shape index (κ3) is 4.90. The molecule has 1 heterocycles. The summed E-state index contributed by atoms with van der Waals surface area (Å²) in [7, 11) is -0.189. The molecule has 7 heteroatoms. The zero-order chi connectivity index (χ0) is 25.5. The van der Waals surface area contributed by atoms with E-state index in [0.29, 0.717) is 0 Å². The number of hydrogen-bond acceptors (Lipinski definition) is 3. The average Bonchev–Trinajstić information content (AvgIpc) is 2.69. The normalized spacial score (nSPS) is 15.4. The second-order valence-electron chi connectivity index (χ2n) is 11.1. The Balaban J connectivity index is 2.39. The van der Waals surface area contributed by atoms with E-state index in [1.807, 2.05) is 0 Å². The molecule has 0 N–H and O–H groups in total. The molecule has 0 bridgehead atoms. The topological polar surface area (TPSA) is 30.0 Å². The summed E-state index contributed by atoms with van der Waals surface area (Å²) >= 11 is -0.970. The Hall–Kier alpha value is -1.92. The van der Waals surface area contributed by atoms with Gasteiger partial charge in [0.05, 0.1) is 0 Å². The fourth-order valence-corrected chi connectivity index (χ4v) is 8.28. The Kier molecular flexibility index (Phi) is 7.83. The number of hydrogen-bond donors (Lipinski definition) is 0. The van der Waals surface area contributed by atoms with Crippen molar-refractivity contribution >= 4 is 40.4 Å². The SMILES string of the molecule is Cc1cccc(C)c1[N]1[Ge][N](C(C)(C)C)C(=O)N(c2c(C)cccc2C)B1N(C(C)C)C(C)C. The molecule has 2 aromatic rings. The first-order valence-corrected chi connectivity index (χ1v) is 14.2. The summed E-state index contributed by atoms with van der Waals surface area (Å²) in [5, 5.41) is 0. The Morgan fingerprint density at radius 1 is 0.794 bits per heavy atom. The molecule has 3 rings (SSSR count). The summed E-state index contributed by atoms with van der Waals surface area (Å²) < 4.78 is 4.71. The van der Waals surface area contributed by atoms with Crippen LogP contribution < -0.4 is 8.58 Å². The van der Waals surface area contributed by atoms with Gasteiger partial charge in [0, 0.05) is 0 Å². The van der Waals surface area contributed by atoms with E-state index in [1.54, 1.807) is 0 Å². The average molecular weight is 521 g/mol. The molecule has 1 fully saturated rings. The summed E-state index contributed by atoms with van der Waals surface area (Å²) in [6.07, 6.45) is 0. The van der Waals surface area contributed by atoms with Gasteiger partial charge in [0.1, 0.15) is 0 Å². The van der Waals surface area contributed by atoms with Gasteiger partial charge >= 0.3 is 215 Å². The number of amides is 2. The number of para-hydroxylation sites is 2. The van der Waals surface area contributed by atoms with Crippen LogP contribution in [-0.4, -0.2) is 55.3 Å². The maximum absolute atomic E-state index is 14.4. The van der Waals surface area contributed by atoms with Crippen molar-refractivity contribution in [3.05, 3.63) is 58.7 Å². The fraction of sp³-hybridized carbons (Fsp3) is 0.519. The van der Waals surface area contributed by atoms with E-state index in [1.165, 1.54) is 16.8 Å². The summed E-state index contributed by atoms with van der Waals surface area (Å²) in [6, 6.07) is 13.5. The number of carbonyl (C=O) groups excluding carboxylic acids is 1. The monoisotopic (exact) mass is 522 g/mol. The first kappa shape index (κ1) is 26.7. The predicted molar refractivity (Wildman–Crippen MR) is 147 cm³/mol. The molecule has 182 valence electrons. The van der Waals surface area contributed by atoms with Crippen LogP contribution >= 0.6 is 0 Å². The quantitative estimate of drug-likeness (QED) is 0.446. The Bertz CT molecular complexity index is 1000. The van der Waals surface area contributed by atoms with Crippen molar-refractivity contribution in [3.63, 3.8) is 0 Å². The van der Waals surface area contributed by atoms with Gasteiger partial charge in [0.15, 0.2) is 0 Å². The van der Waals surface area contributed by atoms with Crippen LogP contribution in [0.15, 0.2) is 36.4 Å². The molecule has 34 heavy (non-hydrogen) atoms. The molecule has 0 atom stereocenters. The van der Waals surface area contributed by atoms with Crippen LogP contribution in [0.5, 0.6) is 0 Å². The van der Waals surface area contributed by atoms with Crippen LogP contribution in [0, 0.1) is 27.7 Å². The second kappa shape index (κ2) is 9.98. The molecule has 2 aromatic carbocycles. The van der Waals surface area contributed by atoms with E-state index in [2.05, 4.69) is 130 Å². The number of urea groups is 1. The van der Waals surface area contributed by atoms with E-state index in [-0.39, 0.29) is 30.8 Å². The Morgan fingerprint density at radius 2 is 1.21 bits per heavy atom. The number of rotatable bonds is 5. The van der Waals surface area contributed by atoms with Gasteiger partial charge in [-0.15, -0.1) is 0 Å². The van der Waals surface area contributed by atoms with E-state index in [9.17, 15) is 4.79 Å². The first-order chi connectivity index (χ1) is 15.8. The summed E-state index contributed by atoms with van der Waals surface area (Å²) in [5.74, 6) is 0. The third-order valence-corrected chi connectivity index (χ3v) is 10.2. The van der Waals surface area contributed by atoms with Gasteiger partial charge in [-0.2, -0.15) is 0 Å². The van der Waals surface area contributed by atoms with Crippen molar-refractivity contribution in [2.75, 3.05) is 8.58 Å². The molecule has 0 aromatic heterocycles. The number of anilines is 2. The van der Waals surface area contributed by atoms with Gasteiger partial charge in [0.25, 0.3) is 0 Å². The maximum atomic E-state index is 14.4. The van der Waals surface area contributed by atoms with Gasteiger partial charge < -0.3 is 0 Å². The van der Waals surface area contributed by atoms with Crippen molar-refractivity contribution in [2.45, 2.75) is 93.8 Å². The van der Waals surface area contributed by atoms with Crippen LogP contribution in [0.25, 0.3) is 0 Å². The minimum absolute atomic E-state index is 0.115. The molecular formula is C27H41BGeN4O. The molecule has 1 saturated heterocycles. The van der Waals surface area contributed by atoms with Crippen LogP contribution in [0.1, 0.15) is 70.7 Å². The van der Waals surface area contributed by atoms with E-state index >= 15 is 0 Å².